The monoisotopic (exact) mass is 1060 g/mol. The number of aliphatic hydroxyl groups is 4. The third-order valence-electron chi connectivity index (χ3n) is 7.50. The van der Waals surface area contributed by atoms with Crippen LogP contribution in [0.2, 0.25) is 0 Å². The van der Waals surface area contributed by atoms with Gasteiger partial charge in [-0.15, -0.1) is 0 Å². The second-order valence-electron chi connectivity index (χ2n) is 11.9. The van der Waals surface area contributed by atoms with E-state index in [0.29, 0.717) is 0 Å². The molecule has 0 spiro atoms. The van der Waals surface area contributed by atoms with Crippen molar-refractivity contribution in [2.24, 2.45) is 0 Å². The Kier molecular flexibility index (Phi) is 18.0. The Labute approximate surface area is 347 Å². The second-order valence-corrected chi connectivity index (χ2v) is 19.2. The molecule has 37 nitrogen and oxygen atoms in total. The summed E-state index contributed by atoms with van der Waals surface area (Å²) < 4.78 is 281. The predicted molar refractivity (Wildman–Crippen MR) is 174 cm³/mol. The van der Waals surface area contributed by atoms with Gasteiger partial charge in [0.15, 0.2) is 25.0 Å². The van der Waals surface area contributed by atoms with Crippen LogP contribution in [0.5, 0.6) is 0 Å². The Morgan fingerprint density at radius 3 is 0.952 bits per heavy atom. The van der Waals surface area contributed by atoms with E-state index in [1.807, 2.05) is 0 Å². The van der Waals surface area contributed by atoms with Gasteiger partial charge in [0.25, 0.3) is 0 Å². The van der Waals surface area contributed by atoms with Gasteiger partial charge in [-0.3, -0.25) is 31.9 Å². The Morgan fingerprint density at radius 1 is 0.355 bits per heavy atom. The van der Waals surface area contributed by atoms with E-state index in [2.05, 4.69) is 29.3 Å². The van der Waals surface area contributed by atoms with Gasteiger partial charge in [0.2, 0.25) is 0 Å². The zero-order valence-corrected chi connectivity index (χ0v) is 34.9. The first-order valence-electron chi connectivity index (χ1n) is 15.2. The summed E-state index contributed by atoms with van der Waals surface area (Å²) in [7, 11) is -40.7. The molecule has 3 fully saturated rings. The quantitative estimate of drug-likeness (QED) is 0.0476. The molecule has 0 amide bonds. The van der Waals surface area contributed by atoms with Gasteiger partial charge in [0.1, 0.15) is 67.1 Å². The summed E-state index contributed by atoms with van der Waals surface area (Å²) in [5.41, 5.74) is 0. The minimum absolute atomic E-state index is 1.43. The molecule has 0 unspecified atom stereocenters. The molecule has 11 N–H and O–H groups in total. The van der Waals surface area contributed by atoms with Crippen LogP contribution in [-0.4, -0.2) is 223 Å². The number of ether oxygens (including phenoxy) is 5. The van der Waals surface area contributed by atoms with Crippen molar-refractivity contribution in [2.75, 3.05) is 19.8 Å². The van der Waals surface area contributed by atoms with Crippen LogP contribution >= 0.6 is 0 Å². The Bertz CT molecular complexity index is 2330. The summed E-state index contributed by atoms with van der Waals surface area (Å²) in [6.45, 7) is -4.59. The first kappa shape index (κ1) is 55.1. The zero-order valence-electron chi connectivity index (χ0n) is 29.2. The van der Waals surface area contributed by atoms with Crippen LogP contribution in [0.25, 0.3) is 0 Å². The molecule has 44 heteroatoms. The summed E-state index contributed by atoms with van der Waals surface area (Å²) >= 11 is 0. The summed E-state index contributed by atoms with van der Waals surface area (Å²) in [6, 6.07) is 0. The first-order valence-corrected chi connectivity index (χ1v) is 24.8. The van der Waals surface area contributed by atoms with Crippen LogP contribution in [0.4, 0.5) is 0 Å². The highest BCUT2D eigenvalue weighted by Gasteiger charge is 2.56. The van der Waals surface area contributed by atoms with E-state index < -0.39 is 185 Å². The number of hydrogen-bond acceptors (Lipinski definition) is 30. The molecule has 0 bridgehead atoms. The largest absolute Gasteiger partial charge is 0.397 e. The Hall–Kier alpha value is -1.27. The van der Waals surface area contributed by atoms with Crippen LogP contribution < -0.4 is 0 Å². The fourth-order valence-electron chi connectivity index (χ4n) is 5.52. The molecule has 0 aromatic heterocycles. The summed E-state index contributed by atoms with van der Waals surface area (Å²) in [4.78, 5) is 0. The smallest absolute Gasteiger partial charge is 0.394 e. The van der Waals surface area contributed by atoms with Crippen LogP contribution in [0.1, 0.15) is 0 Å². The highest BCUT2D eigenvalue weighted by molar-refractivity contribution is 7.82. The molecule has 0 aliphatic carbocycles. The molecule has 3 aliphatic heterocycles. The van der Waals surface area contributed by atoms with Crippen molar-refractivity contribution in [1.82, 2.24) is 0 Å². The Morgan fingerprint density at radius 2 is 0.613 bits per heavy atom. The molecule has 3 aliphatic rings. The molecule has 3 heterocycles. The predicted octanol–water partition coefficient (Wildman–Crippen LogP) is -8.78. The van der Waals surface area contributed by atoms with Crippen molar-refractivity contribution in [3.8, 4) is 0 Å². The van der Waals surface area contributed by atoms with E-state index in [9.17, 15) is 102 Å². The van der Waals surface area contributed by atoms with Gasteiger partial charge in [-0.25, -0.2) is 29.3 Å². The molecular weight excluding hydrogens is 1030 g/mol. The lowest BCUT2D eigenvalue weighted by Crippen LogP contribution is -2.65. The van der Waals surface area contributed by atoms with Crippen molar-refractivity contribution in [3.05, 3.63) is 0 Å². The molecular formula is C18H32O37S7. The van der Waals surface area contributed by atoms with Gasteiger partial charge in [0, 0.05) is 0 Å². The number of aliphatic hydroxyl groups excluding tert-OH is 4. The van der Waals surface area contributed by atoms with Crippen LogP contribution in [0.15, 0.2) is 0 Å². The molecule has 0 radical (unpaired) electrons. The summed E-state index contributed by atoms with van der Waals surface area (Å²) in [6.07, 6.45) is -41.0. The highest BCUT2D eigenvalue weighted by Crippen LogP contribution is 2.34. The van der Waals surface area contributed by atoms with Gasteiger partial charge in [0.05, 0.1) is 19.8 Å². The molecule has 15 atom stereocenters. The lowest BCUT2D eigenvalue weighted by Gasteiger charge is -2.45. The van der Waals surface area contributed by atoms with Crippen molar-refractivity contribution >= 4 is 72.8 Å². The van der Waals surface area contributed by atoms with E-state index in [1.54, 1.807) is 0 Å². The van der Waals surface area contributed by atoms with Gasteiger partial charge >= 0.3 is 72.8 Å². The van der Waals surface area contributed by atoms with Gasteiger partial charge in [-0.2, -0.15) is 58.9 Å². The third kappa shape index (κ3) is 17.5. The average Bonchev–Trinajstić information content (AvgIpc) is 3.03. The molecule has 3 rings (SSSR count). The van der Waals surface area contributed by atoms with Crippen LogP contribution in [0.3, 0.4) is 0 Å². The molecule has 0 saturated carbocycles. The van der Waals surface area contributed by atoms with E-state index in [4.69, 9.17) is 32.8 Å². The fourth-order valence-corrected chi connectivity index (χ4v) is 9.05. The summed E-state index contributed by atoms with van der Waals surface area (Å²) in [5.74, 6) is 0. The van der Waals surface area contributed by atoms with Gasteiger partial charge in [-0.1, -0.05) is 0 Å². The van der Waals surface area contributed by atoms with E-state index in [0.717, 1.165) is 0 Å². The maximum absolute atomic E-state index is 11.8. The maximum atomic E-state index is 11.8. The minimum Gasteiger partial charge on any atom is -0.394 e. The first-order chi connectivity index (χ1) is 27.8. The Balaban J connectivity index is 2.06. The van der Waals surface area contributed by atoms with Crippen molar-refractivity contribution in [3.63, 3.8) is 0 Å². The normalized spacial score (nSPS) is 36.0. The molecule has 0 aromatic rings. The van der Waals surface area contributed by atoms with Crippen molar-refractivity contribution in [1.29, 1.82) is 0 Å². The fraction of sp³-hybridized carbons (Fsp3) is 1.00. The SMILES string of the molecule is O=S(=O)(O)O[C@H]1[C@@H](OS(=O)(=O)O)[C@@H](O)O[C@H](CO[C@H]2O[C@H](CO[C@H]3O[C@H](CO)[C@@H](OS(=O)(=O)O)[C@H](OS(=O)(=O)O)[C@H]3O)[C@@H](OS(=O)(=O)O)[C@@H](OS(=O)(=O)O)[C@@H]2O)[C@H]1OS(=O)(=O)O. The van der Waals surface area contributed by atoms with E-state index >= 15 is 0 Å². The summed E-state index contributed by atoms with van der Waals surface area (Å²) in [5, 5.41) is 41.8. The highest BCUT2D eigenvalue weighted by atomic mass is 32.3. The molecule has 3 saturated heterocycles. The van der Waals surface area contributed by atoms with E-state index in [1.165, 1.54) is 0 Å². The standard InChI is InChI=1S/C18H32O37S7/c19-1-4-9(49-56(23,24)25)12(52-59(32,33)34)7(20)17(47-4)45-3-6-10(50-57(26,27)28)13(53-60(35,36)37)8(21)18(48-6)44-2-5-11(51-58(29,30)31)14(54-61(38,39)40)15(16(22)46-5)55-62(41,42)43/h4-22H,1-3H2,(H,23,24,25)(H,26,27,28)(H,29,30,31)(H,32,33,34)(H,35,36,37)(H,38,39,40)(H,41,42,43)/t4-,5-,6-,7-,8+,9-,10-,11-,12-,13+,14-,15-,16+,17+,18+/m1/s1. The zero-order chi connectivity index (χ0) is 47.8. The average molecular weight is 1060 g/mol. The minimum atomic E-state index is -5.91. The lowest BCUT2D eigenvalue weighted by atomic mass is 9.98. The van der Waals surface area contributed by atoms with Gasteiger partial charge < -0.3 is 44.1 Å². The maximum Gasteiger partial charge on any atom is 0.397 e. The molecule has 62 heavy (non-hydrogen) atoms. The van der Waals surface area contributed by atoms with Crippen molar-refractivity contribution < 1.29 is 164 Å². The van der Waals surface area contributed by atoms with Crippen LogP contribution in [-0.2, 0) is 126 Å². The van der Waals surface area contributed by atoms with Gasteiger partial charge in [-0.05, 0) is 0 Å². The van der Waals surface area contributed by atoms with E-state index in [-0.39, 0.29) is 0 Å². The third-order valence-corrected chi connectivity index (χ3v) is 10.8. The number of hydrogen-bond donors (Lipinski definition) is 11. The van der Waals surface area contributed by atoms with Crippen molar-refractivity contribution in [2.45, 2.75) is 92.1 Å². The number of rotatable bonds is 21. The topological polar surface area (TPSA) is 572 Å². The molecule has 368 valence electrons. The molecule has 0 aromatic carbocycles. The van der Waals surface area contributed by atoms with Crippen LogP contribution in [0, 0.1) is 0 Å². The lowest BCUT2D eigenvalue weighted by molar-refractivity contribution is -0.332. The second kappa shape index (κ2) is 20.3.